The van der Waals surface area contributed by atoms with Crippen LogP contribution in [0.15, 0.2) is 0 Å². The van der Waals surface area contributed by atoms with Crippen molar-refractivity contribution < 1.29 is 9.59 Å². The quantitative estimate of drug-likeness (QED) is 0.700. The molecule has 0 unspecified atom stereocenters. The highest BCUT2D eigenvalue weighted by Crippen LogP contribution is 2.18. The van der Waals surface area contributed by atoms with E-state index in [2.05, 4.69) is 5.32 Å². The third-order valence-electron chi connectivity index (χ3n) is 3.15. The van der Waals surface area contributed by atoms with Gasteiger partial charge < -0.3 is 15.1 Å². The van der Waals surface area contributed by atoms with Crippen molar-refractivity contribution in [1.82, 2.24) is 15.1 Å². The van der Waals surface area contributed by atoms with Crippen LogP contribution in [0.2, 0.25) is 0 Å². The zero-order valence-corrected chi connectivity index (χ0v) is 9.74. The highest BCUT2D eigenvalue weighted by Gasteiger charge is 2.25. The van der Waals surface area contributed by atoms with Crippen LogP contribution < -0.4 is 5.32 Å². The zero-order valence-electron chi connectivity index (χ0n) is 9.74. The van der Waals surface area contributed by atoms with E-state index >= 15 is 0 Å². The predicted molar refractivity (Wildman–Crippen MR) is 59.9 cm³/mol. The predicted octanol–water partition coefficient (Wildman–Crippen LogP) is -0.571. The number of nitrogens with one attached hydrogen (secondary N) is 1. The van der Waals surface area contributed by atoms with Gasteiger partial charge in [-0.3, -0.25) is 9.59 Å². The third-order valence-corrected chi connectivity index (χ3v) is 3.15. The Morgan fingerprint density at radius 3 is 2.88 bits per heavy atom. The van der Waals surface area contributed by atoms with Crippen molar-refractivity contribution in [2.24, 2.45) is 0 Å². The Labute approximate surface area is 95.8 Å². The molecule has 0 bridgehead atoms. The molecule has 0 aromatic carbocycles. The SMILES string of the molecule is CN1CCCN(C(=O)CNC2CC2)CC1=O. The van der Waals surface area contributed by atoms with Crippen molar-refractivity contribution in [2.75, 3.05) is 33.2 Å². The molecule has 2 amide bonds. The molecule has 1 N–H and O–H groups in total. The molecule has 0 radical (unpaired) electrons. The van der Waals surface area contributed by atoms with Gasteiger partial charge in [-0.1, -0.05) is 0 Å². The van der Waals surface area contributed by atoms with Crippen LogP contribution in [0, 0.1) is 0 Å². The van der Waals surface area contributed by atoms with E-state index in [0.717, 1.165) is 13.0 Å². The maximum atomic E-state index is 11.8. The van der Waals surface area contributed by atoms with Crippen molar-refractivity contribution in [3.63, 3.8) is 0 Å². The summed E-state index contributed by atoms with van der Waals surface area (Å²) in [5.74, 6) is 0.0906. The molecule has 1 aliphatic carbocycles. The minimum atomic E-state index is 0.0391. The van der Waals surface area contributed by atoms with Crippen LogP contribution >= 0.6 is 0 Å². The molecule has 1 aliphatic heterocycles. The standard InChI is InChI=1S/C11H19N3O2/c1-13-5-2-6-14(8-11(13)16)10(15)7-12-9-3-4-9/h9,12H,2-8H2,1H3. The summed E-state index contributed by atoms with van der Waals surface area (Å²) in [5, 5.41) is 3.18. The Morgan fingerprint density at radius 1 is 1.44 bits per heavy atom. The minimum Gasteiger partial charge on any atom is -0.344 e. The Bertz CT molecular complexity index is 289. The van der Waals surface area contributed by atoms with Crippen LogP contribution in [-0.2, 0) is 9.59 Å². The first-order valence-electron chi connectivity index (χ1n) is 5.92. The summed E-state index contributed by atoms with van der Waals surface area (Å²) in [6.07, 6.45) is 3.22. The van der Waals surface area contributed by atoms with Gasteiger partial charge in [0.2, 0.25) is 11.8 Å². The maximum Gasteiger partial charge on any atom is 0.241 e. The van der Waals surface area contributed by atoms with Crippen molar-refractivity contribution >= 4 is 11.8 Å². The van der Waals surface area contributed by atoms with E-state index in [0.29, 0.717) is 19.1 Å². The van der Waals surface area contributed by atoms with Crippen LogP contribution in [-0.4, -0.2) is 60.9 Å². The molecule has 0 spiro atoms. The summed E-state index contributed by atoms with van der Waals surface area (Å²) in [5.41, 5.74) is 0. The number of likely N-dealkylation sites (N-methyl/N-ethyl adjacent to an activating group) is 1. The molecule has 2 rings (SSSR count). The van der Waals surface area contributed by atoms with Crippen LogP contribution in [0.25, 0.3) is 0 Å². The number of rotatable bonds is 3. The van der Waals surface area contributed by atoms with Crippen LogP contribution in [0.4, 0.5) is 0 Å². The van der Waals surface area contributed by atoms with E-state index in [1.165, 1.54) is 12.8 Å². The van der Waals surface area contributed by atoms with Crippen LogP contribution in [0.1, 0.15) is 19.3 Å². The largest absolute Gasteiger partial charge is 0.344 e. The van der Waals surface area contributed by atoms with E-state index in [4.69, 9.17) is 0 Å². The van der Waals surface area contributed by atoms with Gasteiger partial charge in [0.25, 0.3) is 0 Å². The fraction of sp³-hybridized carbons (Fsp3) is 0.818. The highest BCUT2D eigenvalue weighted by atomic mass is 16.2. The van der Waals surface area contributed by atoms with E-state index in [1.54, 1.807) is 16.8 Å². The fourth-order valence-corrected chi connectivity index (χ4v) is 1.83. The third kappa shape index (κ3) is 2.95. The average molecular weight is 225 g/mol. The summed E-state index contributed by atoms with van der Waals surface area (Å²) in [4.78, 5) is 26.8. The molecule has 1 saturated heterocycles. The van der Waals surface area contributed by atoms with Gasteiger partial charge in [-0.05, 0) is 19.3 Å². The summed E-state index contributed by atoms with van der Waals surface area (Å²) in [7, 11) is 1.79. The van der Waals surface area contributed by atoms with Gasteiger partial charge in [-0.25, -0.2) is 0 Å². The number of hydrogen-bond donors (Lipinski definition) is 1. The zero-order chi connectivity index (χ0) is 11.5. The molecular weight excluding hydrogens is 206 g/mol. The lowest BCUT2D eigenvalue weighted by Gasteiger charge is -2.19. The first-order valence-corrected chi connectivity index (χ1v) is 5.92. The molecule has 16 heavy (non-hydrogen) atoms. The van der Waals surface area contributed by atoms with Gasteiger partial charge in [-0.15, -0.1) is 0 Å². The molecule has 2 aliphatic rings. The average Bonchev–Trinajstić information content (AvgIpc) is 3.07. The topological polar surface area (TPSA) is 52.6 Å². The van der Waals surface area contributed by atoms with Gasteiger partial charge >= 0.3 is 0 Å². The number of carbonyl (C=O) groups is 2. The maximum absolute atomic E-state index is 11.8. The lowest BCUT2D eigenvalue weighted by Crippen LogP contribution is -2.42. The summed E-state index contributed by atoms with van der Waals surface area (Å²) >= 11 is 0. The van der Waals surface area contributed by atoms with Gasteiger partial charge in [0.1, 0.15) is 0 Å². The van der Waals surface area contributed by atoms with Gasteiger partial charge in [-0.2, -0.15) is 0 Å². The molecule has 5 nitrogen and oxygen atoms in total. The van der Waals surface area contributed by atoms with Gasteiger partial charge in [0.15, 0.2) is 0 Å². The van der Waals surface area contributed by atoms with Gasteiger partial charge in [0, 0.05) is 26.2 Å². The van der Waals surface area contributed by atoms with Gasteiger partial charge in [0.05, 0.1) is 13.1 Å². The second-order valence-corrected chi connectivity index (χ2v) is 4.64. The summed E-state index contributed by atoms with van der Waals surface area (Å²) in [6, 6.07) is 0.536. The second kappa shape index (κ2) is 4.82. The molecule has 2 fully saturated rings. The minimum absolute atomic E-state index is 0.0391. The molecule has 90 valence electrons. The number of hydrogen-bond acceptors (Lipinski definition) is 3. The van der Waals surface area contributed by atoms with Crippen molar-refractivity contribution in [3.8, 4) is 0 Å². The van der Waals surface area contributed by atoms with Crippen LogP contribution in [0.5, 0.6) is 0 Å². The summed E-state index contributed by atoms with van der Waals surface area (Å²) in [6.45, 7) is 2.06. The molecule has 5 heteroatoms. The Morgan fingerprint density at radius 2 is 2.19 bits per heavy atom. The lowest BCUT2D eigenvalue weighted by molar-refractivity contribution is -0.137. The smallest absolute Gasteiger partial charge is 0.241 e. The Balaban J connectivity index is 1.81. The molecule has 1 heterocycles. The number of carbonyl (C=O) groups excluding carboxylic acids is 2. The Kier molecular flexibility index (Phi) is 3.43. The normalized spacial score (nSPS) is 22.2. The van der Waals surface area contributed by atoms with E-state index in [9.17, 15) is 9.59 Å². The van der Waals surface area contributed by atoms with E-state index in [1.807, 2.05) is 0 Å². The molecule has 0 atom stereocenters. The fourth-order valence-electron chi connectivity index (χ4n) is 1.83. The summed E-state index contributed by atoms with van der Waals surface area (Å²) < 4.78 is 0. The number of amides is 2. The lowest BCUT2D eigenvalue weighted by atomic mass is 10.3. The molecule has 1 saturated carbocycles. The van der Waals surface area contributed by atoms with Crippen LogP contribution in [0.3, 0.4) is 0 Å². The molecule has 0 aromatic heterocycles. The highest BCUT2D eigenvalue weighted by molar-refractivity contribution is 5.86. The first kappa shape index (κ1) is 11.4. The second-order valence-electron chi connectivity index (χ2n) is 4.64. The first-order chi connectivity index (χ1) is 7.66. The van der Waals surface area contributed by atoms with Crippen molar-refractivity contribution in [2.45, 2.75) is 25.3 Å². The van der Waals surface area contributed by atoms with E-state index in [-0.39, 0.29) is 18.4 Å². The monoisotopic (exact) mass is 225 g/mol. The molecule has 0 aromatic rings. The van der Waals surface area contributed by atoms with Crippen molar-refractivity contribution in [1.29, 1.82) is 0 Å². The molecular formula is C11H19N3O2. The van der Waals surface area contributed by atoms with Crippen molar-refractivity contribution in [3.05, 3.63) is 0 Å². The number of nitrogens with zero attached hydrogens (tertiary/aromatic N) is 2. The Hall–Kier alpha value is -1.10. The van der Waals surface area contributed by atoms with E-state index < -0.39 is 0 Å².